The molecule has 1 heterocycles. The summed E-state index contributed by atoms with van der Waals surface area (Å²) in [5, 5.41) is 0.942. The number of aromatic amines is 1. The van der Waals surface area contributed by atoms with Crippen molar-refractivity contribution < 1.29 is 0 Å². The lowest BCUT2D eigenvalue weighted by molar-refractivity contribution is 1.24. The van der Waals surface area contributed by atoms with E-state index in [-0.39, 0.29) is 5.56 Å². The molecule has 1 rings (SSSR count). The SMILES string of the molecule is C[Si](C)(C)c1cc(Br)c[nH]c1=O. The second-order valence-electron chi connectivity index (χ2n) is 3.81. The quantitative estimate of drug-likeness (QED) is 0.751. The molecule has 4 heteroatoms. The van der Waals surface area contributed by atoms with E-state index in [2.05, 4.69) is 40.6 Å². The Hall–Kier alpha value is -0.353. The number of halogens is 1. The Bertz CT molecular complexity index is 340. The van der Waals surface area contributed by atoms with Crippen LogP contribution in [0.3, 0.4) is 0 Å². The highest BCUT2D eigenvalue weighted by molar-refractivity contribution is 9.10. The molecule has 12 heavy (non-hydrogen) atoms. The van der Waals surface area contributed by atoms with Gasteiger partial charge >= 0.3 is 0 Å². The molecule has 0 amide bonds. The van der Waals surface area contributed by atoms with Gasteiger partial charge in [-0.15, -0.1) is 0 Å². The average Bonchev–Trinajstić information content (AvgIpc) is 1.92. The molecule has 0 aliphatic heterocycles. The van der Waals surface area contributed by atoms with Crippen molar-refractivity contribution in [3.63, 3.8) is 0 Å². The highest BCUT2D eigenvalue weighted by Crippen LogP contribution is 2.05. The topological polar surface area (TPSA) is 32.9 Å². The van der Waals surface area contributed by atoms with Crippen molar-refractivity contribution in [2.75, 3.05) is 0 Å². The van der Waals surface area contributed by atoms with Crippen LogP contribution in [0.4, 0.5) is 0 Å². The zero-order valence-electron chi connectivity index (χ0n) is 7.44. The van der Waals surface area contributed by atoms with Crippen LogP contribution in [0, 0.1) is 0 Å². The third kappa shape index (κ3) is 2.07. The minimum atomic E-state index is -1.48. The molecule has 0 unspecified atom stereocenters. The summed E-state index contributed by atoms with van der Waals surface area (Å²) in [6, 6.07) is 1.92. The third-order valence-corrected chi connectivity index (χ3v) is 4.12. The zero-order valence-corrected chi connectivity index (χ0v) is 10.0. The van der Waals surface area contributed by atoms with Crippen molar-refractivity contribution in [1.82, 2.24) is 4.98 Å². The van der Waals surface area contributed by atoms with E-state index in [1.54, 1.807) is 6.20 Å². The first-order chi connectivity index (χ1) is 5.41. The van der Waals surface area contributed by atoms with Gasteiger partial charge in [0.2, 0.25) is 5.56 Å². The number of hydrogen-bond donors (Lipinski definition) is 1. The number of nitrogens with one attached hydrogen (secondary N) is 1. The Morgan fingerprint density at radius 3 is 2.42 bits per heavy atom. The van der Waals surface area contributed by atoms with Crippen LogP contribution in [0.2, 0.25) is 19.6 Å². The first-order valence-corrected chi connectivity index (χ1v) is 8.09. The minimum Gasteiger partial charge on any atom is -0.328 e. The van der Waals surface area contributed by atoms with Crippen LogP contribution in [0.25, 0.3) is 0 Å². The van der Waals surface area contributed by atoms with E-state index < -0.39 is 8.07 Å². The van der Waals surface area contributed by atoms with E-state index in [0.717, 1.165) is 9.66 Å². The molecule has 0 saturated heterocycles. The summed E-state index contributed by atoms with van der Waals surface area (Å²) in [6.07, 6.45) is 1.67. The smallest absolute Gasteiger partial charge is 0.247 e. The monoisotopic (exact) mass is 245 g/mol. The van der Waals surface area contributed by atoms with E-state index in [1.165, 1.54) is 0 Å². The van der Waals surface area contributed by atoms with Crippen LogP contribution >= 0.6 is 15.9 Å². The summed E-state index contributed by atoms with van der Waals surface area (Å²) in [6.45, 7) is 6.47. The Morgan fingerprint density at radius 1 is 1.42 bits per heavy atom. The number of pyridine rings is 1. The van der Waals surface area contributed by atoms with Crippen LogP contribution in [0.5, 0.6) is 0 Å². The largest absolute Gasteiger partial charge is 0.328 e. The van der Waals surface area contributed by atoms with Gasteiger partial charge in [-0.25, -0.2) is 0 Å². The van der Waals surface area contributed by atoms with E-state index in [0.29, 0.717) is 0 Å². The van der Waals surface area contributed by atoms with Crippen molar-refractivity contribution in [3.05, 3.63) is 27.1 Å². The summed E-state index contributed by atoms with van der Waals surface area (Å²) in [5.74, 6) is 0. The normalized spacial score (nSPS) is 11.7. The Morgan fingerprint density at radius 2 is 2.00 bits per heavy atom. The van der Waals surface area contributed by atoms with Gasteiger partial charge in [0, 0.05) is 15.9 Å². The molecule has 2 nitrogen and oxygen atoms in total. The average molecular weight is 246 g/mol. The second kappa shape index (κ2) is 3.18. The maximum Gasteiger partial charge on any atom is 0.247 e. The van der Waals surface area contributed by atoms with E-state index in [4.69, 9.17) is 0 Å². The molecular formula is C8H12BrNOSi. The summed E-state index contributed by atoms with van der Waals surface area (Å²) >= 11 is 3.34. The molecule has 0 bridgehead atoms. The molecule has 0 radical (unpaired) electrons. The number of hydrogen-bond acceptors (Lipinski definition) is 1. The molecule has 0 aromatic carbocycles. The van der Waals surface area contributed by atoms with Gasteiger partial charge in [-0.2, -0.15) is 0 Å². The first-order valence-electron chi connectivity index (χ1n) is 3.80. The fourth-order valence-corrected chi connectivity index (χ4v) is 2.91. The lowest BCUT2D eigenvalue weighted by Crippen LogP contribution is -2.47. The molecule has 0 saturated carbocycles. The highest BCUT2D eigenvalue weighted by atomic mass is 79.9. The molecule has 0 aliphatic carbocycles. The predicted molar refractivity (Wildman–Crippen MR) is 57.7 cm³/mol. The Kier molecular flexibility index (Phi) is 2.58. The standard InChI is InChI=1S/C8H12BrNOSi/c1-12(2,3)7-4-6(9)5-10-8(7)11/h4-5H,1-3H3,(H,10,11). The van der Waals surface area contributed by atoms with Crippen LogP contribution in [0.15, 0.2) is 21.5 Å². The van der Waals surface area contributed by atoms with Gasteiger partial charge < -0.3 is 4.98 Å². The Balaban J connectivity index is 3.33. The van der Waals surface area contributed by atoms with Gasteiger partial charge in [0.25, 0.3) is 0 Å². The fourth-order valence-electron chi connectivity index (χ4n) is 1.01. The molecule has 1 aromatic rings. The molecule has 66 valence electrons. The van der Waals surface area contributed by atoms with Crippen molar-refractivity contribution in [2.45, 2.75) is 19.6 Å². The van der Waals surface area contributed by atoms with Crippen molar-refractivity contribution in [1.29, 1.82) is 0 Å². The number of H-pyrrole nitrogens is 1. The maximum absolute atomic E-state index is 11.4. The van der Waals surface area contributed by atoms with Gasteiger partial charge in [0.15, 0.2) is 0 Å². The van der Waals surface area contributed by atoms with Crippen molar-refractivity contribution >= 4 is 29.2 Å². The first kappa shape index (κ1) is 9.73. The minimum absolute atomic E-state index is 0.0531. The van der Waals surface area contributed by atoms with E-state index in [1.807, 2.05) is 6.07 Å². The summed E-state index contributed by atoms with van der Waals surface area (Å²) in [4.78, 5) is 14.1. The van der Waals surface area contributed by atoms with Gasteiger partial charge in [-0.05, 0) is 22.0 Å². The van der Waals surface area contributed by atoms with Gasteiger partial charge in [-0.3, -0.25) is 4.79 Å². The zero-order chi connectivity index (χ0) is 9.35. The van der Waals surface area contributed by atoms with Crippen molar-refractivity contribution in [2.24, 2.45) is 0 Å². The predicted octanol–water partition coefficient (Wildman–Crippen LogP) is 1.68. The molecule has 1 N–H and O–H groups in total. The van der Waals surface area contributed by atoms with E-state index >= 15 is 0 Å². The molecule has 0 fully saturated rings. The fraction of sp³-hybridized carbons (Fsp3) is 0.375. The summed E-state index contributed by atoms with van der Waals surface area (Å²) in [5.41, 5.74) is 0.0531. The number of rotatable bonds is 1. The van der Waals surface area contributed by atoms with Crippen molar-refractivity contribution in [3.8, 4) is 0 Å². The highest BCUT2D eigenvalue weighted by Gasteiger charge is 2.19. The van der Waals surface area contributed by atoms with Crippen LogP contribution in [-0.4, -0.2) is 13.1 Å². The molecule has 0 aliphatic rings. The van der Waals surface area contributed by atoms with Gasteiger partial charge in [0.1, 0.15) is 0 Å². The molecular weight excluding hydrogens is 234 g/mol. The van der Waals surface area contributed by atoms with E-state index in [9.17, 15) is 4.79 Å². The van der Waals surface area contributed by atoms with Crippen LogP contribution in [-0.2, 0) is 0 Å². The van der Waals surface area contributed by atoms with Crippen LogP contribution < -0.4 is 10.7 Å². The summed E-state index contributed by atoms with van der Waals surface area (Å²) in [7, 11) is -1.48. The molecule has 0 spiro atoms. The maximum atomic E-state index is 11.4. The van der Waals surface area contributed by atoms with Gasteiger partial charge in [0.05, 0.1) is 8.07 Å². The Labute approximate surface area is 81.2 Å². The third-order valence-electron chi connectivity index (χ3n) is 1.68. The summed E-state index contributed by atoms with van der Waals surface area (Å²) < 4.78 is 0.944. The second-order valence-corrected chi connectivity index (χ2v) is 9.77. The van der Waals surface area contributed by atoms with Gasteiger partial charge in [-0.1, -0.05) is 19.6 Å². The lowest BCUT2D eigenvalue weighted by atomic mass is 10.5. The lowest BCUT2D eigenvalue weighted by Gasteiger charge is -2.14. The number of aromatic nitrogens is 1. The molecule has 1 aromatic heterocycles. The molecule has 0 atom stereocenters. The van der Waals surface area contributed by atoms with Crippen LogP contribution in [0.1, 0.15) is 0 Å².